The summed E-state index contributed by atoms with van der Waals surface area (Å²) in [6.45, 7) is 5.38. The minimum absolute atomic E-state index is 0.101. The molecule has 0 heterocycles. The van der Waals surface area contributed by atoms with E-state index in [1.165, 1.54) is 18.0 Å². The maximum atomic E-state index is 11.6. The first-order valence-corrected chi connectivity index (χ1v) is 8.30. The largest absolute Gasteiger partial charge is 0.444 e. The Morgan fingerprint density at radius 3 is 2.39 bits per heavy atom. The molecule has 0 saturated carbocycles. The van der Waals surface area contributed by atoms with Crippen molar-refractivity contribution in [3.8, 4) is 0 Å². The Morgan fingerprint density at radius 1 is 1.39 bits per heavy atom. The molecule has 0 aromatic heterocycles. The van der Waals surface area contributed by atoms with E-state index in [0.29, 0.717) is 5.33 Å². The first-order valence-electron chi connectivity index (χ1n) is 5.47. The highest BCUT2D eigenvalue weighted by atomic mass is 79.9. The lowest BCUT2D eigenvalue weighted by Crippen LogP contribution is -2.36. The molecule has 0 saturated heterocycles. The van der Waals surface area contributed by atoms with Gasteiger partial charge in [0.1, 0.15) is 5.60 Å². The molecule has 0 aliphatic rings. The topological polar surface area (TPSA) is 63.7 Å². The smallest absolute Gasteiger partial charge is 0.410 e. The molecule has 106 valence electrons. The second-order valence-electron chi connectivity index (χ2n) is 4.79. The van der Waals surface area contributed by atoms with Crippen LogP contribution in [0.15, 0.2) is 11.5 Å². The lowest BCUT2D eigenvalue weighted by Gasteiger charge is -2.24. The predicted octanol–water partition coefficient (Wildman–Crippen LogP) is 2.18. The summed E-state index contributed by atoms with van der Waals surface area (Å²) >= 11 is 3.10. The monoisotopic (exact) mass is 341 g/mol. The summed E-state index contributed by atoms with van der Waals surface area (Å²) in [6.07, 6.45) is 0.977. The van der Waals surface area contributed by atoms with Crippen LogP contribution in [0.3, 0.4) is 0 Å². The molecular weight excluding hydrogens is 322 g/mol. The standard InChI is InChI=1S/C11H20BrNO4S/c1-11(2,3)17-10(14)13(4)7-9-18(15,16)8-5-6-12/h5,8H,6-7,9H2,1-4H3/b8-5+. The molecule has 7 heteroatoms. The van der Waals surface area contributed by atoms with Gasteiger partial charge >= 0.3 is 6.09 Å². The van der Waals surface area contributed by atoms with Gasteiger partial charge in [0, 0.05) is 24.3 Å². The van der Waals surface area contributed by atoms with Gasteiger partial charge in [0.2, 0.25) is 0 Å². The zero-order valence-corrected chi connectivity index (χ0v) is 13.5. The summed E-state index contributed by atoms with van der Waals surface area (Å²) in [6, 6.07) is 0. The average molecular weight is 342 g/mol. The van der Waals surface area contributed by atoms with Crippen LogP contribution in [-0.2, 0) is 14.6 Å². The van der Waals surface area contributed by atoms with Crippen molar-refractivity contribution in [2.45, 2.75) is 26.4 Å². The third kappa shape index (κ3) is 8.52. The number of rotatable bonds is 5. The van der Waals surface area contributed by atoms with Crippen molar-refractivity contribution in [2.75, 3.05) is 24.7 Å². The van der Waals surface area contributed by atoms with Crippen LogP contribution in [0.2, 0.25) is 0 Å². The first-order chi connectivity index (χ1) is 8.07. The van der Waals surface area contributed by atoms with Gasteiger partial charge in [-0.3, -0.25) is 0 Å². The Kier molecular flexibility index (Phi) is 6.91. The fourth-order valence-corrected chi connectivity index (χ4v) is 2.43. The zero-order chi connectivity index (χ0) is 14.4. The van der Waals surface area contributed by atoms with Gasteiger partial charge in [0.15, 0.2) is 9.84 Å². The van der Waals surface area contributed by atoms with Gasteiger partial charge in [-0.1, -0.05) is 22.0 Å². The molecule has 0 aromatic carbocycles. The van der Waals surface area contributed by atoms with E-state index >= 15 is 0 Å². The summed E-state index contributed by atoms with van der Waals surface area (Å²) in [4.78, 5) is 12.8. The number of carbonyl (C=O) groups is 1. The Hall–Kier alpha value is -0.560. The van der Waals surface area contributed by atoms with Crippen LogP contribution in [0.25, 0.3) is 0 Å². The number of hydrogen-bond donors (Lipinski definition) is 0. The third-order valence-corrected chi connectivity index (χ3v) is 3.54. The van der Waals surface area contributed by atoms with Gasteiger partial charge in [0.25, 0.3) is 0 Å². The molecule has 0 atom stereocenters. The van der Waals surface area contributed by atoms with Crippen molar-refractivity contribution >= 4 is 31.9 Å². The van der Waals surface area contributed by atoms with Crippen LogP contribution >= 0.6 is 15.9 Å². The van der Waals surface area contributed by atoms with Gasteiger partial charge in [0.05, 0.1) is 5.75 Å². The Bertz CT molecular complexity index is 398. The number of nitrogens with zero attached hydrogens (tertiary/aromatic N) is 1. The molecule has 0 rings (SSSR count). The number of alkyl halides is 1. The third-order valence-electron chi connectivity index (χ3n) is 1.81. The summed E-state index contributed by atoms with van der Waals surface area (Å²) in [5.41, 5.74) is -0.583. The maximum Gasteiger partial charge on any atom is 0.410 e. The van der Waals surface area contributed by atoms with Crippen molar-refractivity contribution < 1.29 is 17.9 Å². The Balaban J connectivity index is 4.30. The number of sulfone groups is 1. The second-order valence-corrected chi connectivity index (χ2v) is 7.45. The van der Waals surface area contributed by atoms with Gasteiger partial charge in [-0.25, -0.2) is 13.2 Å². The van der Waals surface area contributed by atoms with Crippen LogP contribution in [-0.4, -0.2) is 49.7 Å². The Labute approximate surface area is 117 Å². The fraction of sp³-hybridized carbons (Fsp3) is 0.727. The first kappa shape index (κ1) is 17.4. The molecule has 0 spiro atoms. The van der Waals surface area contributed by atoms with Gasteiger partial charge in [-0.05, 0) is 20.8 Å². The molecule has 0 N–H and O–H groups in total. The van der Waals surface area contributed by atoms with E-state index in [9.17, 15) is 13.2 Å². The van der Waals surface area contributed by atoms with Crippen LogP contribution in [0.5, 0.6) is 0 Å². The normalized spacial score (nSPS) is 12.7. The van der Waals surface area contributed by atoms with Gasteiger partial charge < -0.3 is 9.64 Å². The number of allylic oxidation sites excluding steroid dienone is 1. The number of carbonyl (C=O) groups excluding carboxylic acids is 1. The van der Waals surface area contributed by atoms with E-state index in [1.807, 2.05) is 0 Å². The quantitative estimate of drug-likeness (QED) is 0.719. The van der Waals surface area contributed by atoms with Crippen LogP contribution < -0.4 is 0 Å². The predicted molar refractivity (Wildman–Crippen MR) is 75.6 cm³/mol. The molecule has 1 amide bonds. The van der Waals surface area contributed by atoms with Crippen LogP contribution in [0.1, 0.15) is 20.8 Å². The lowest BCUT2D eigenvalue weighted by atomic mass is 10.2. The summed E-state index contributed by atoms with van der Waals surface area (Å²) < 4.78 is 28.1. The molecule has 0 unspecified atom stereocenters. The van der Waals surface area contributed by atoms with E-state index in [1.54, 1.807) is 20.8 Å². The van der Waals surface area contributed by atoms with E-state index < -0.39 is 21.5 Å². The van der Waals surface area contributed by atoms with E-state index in [0.717, 1.165) is 5.41 Å². The highest BCUT2D eigenvalue weighted by Crippen LogP contribution is 2.09. The molecular formula is C11H20BrNO4S. The number of hydrogen-bond acceptors (Lipinski definition) is 4. The number of halogens is 1. The fourth-order valence-electron chi connectivity index (χ4n) is 0.946. The van der Waals surface area contributed by atoms with Crippen molar-refractivity contribution in [1.82, 2.24) is 4.90 Å². The molecule has 0 aromatic rings. The minimum Gasteiger partial charge on any atom is -0.444 e. The number of ether oxygens (including phenoxy) is 1. The highest BCUT2D eigenvalue weighted by Gasteiger charge is 2.20. The maximum absolute atomic E-state index is 11.6. The molecule has 0 aliphatic heterocycles. The summed E-state index contributed by atoms with van der Waals surface area (Å²) in [5, 5.41) is 1.62. The molecule has 0 aliphatic carbocycles. The van der Waals surface area contributed by atoms with Crippen molar-refractivity contribution in [3.05, 3.63) is 11.5 Å². The van der Waals surface area contributed by atoms with Crippen molar-refractivity contribution in [2.24, 2.45) is 0 Å². The molecule has 0 bridgehead atoms. The van der Waals surface area contributed by atoms with E-state index in [-0.39, 0.29) is 12.3 Å². The van der Waals surface area contributed by atoms with Gasteiger partial charge in [-0.15, -0.1) is 0 Å². The van der Waals surface area contributed by atoms with Crippen LogP contribution in [0, 0.1) is 0 Å². The van der Waals surface area contributed by atoms with Gasteiger partial charge in [-0.2, -0.15) is 0 Å². The SMILES string of the molecule is CN(CCS(=O)(=O)/C=C/CBr)C(=O)OC(C)(C)C. The second kappa shape index (κ2) is 7.13. The molecule has 0 fully saturated rings. The average Bonchev–Trinajstić information content (AvgIpc) is 2.21. The van der Waals surface area contributed by atoms with Crippen molar-refractivity contribution in [3.63, 3.8) is 0 Å². The molecule has 18 heavy (non-hydrogen) atoms. The van der Waals surface area contributed by atoms with E-state index in [4.69, 9.17) is 4.74 Å². The molecule has 5 nitrogen and oxygen atoms in total. The summed E-state index contributed by atoms with van der Waals surface area (Å²) in [7, 11) is -1.76. The van der Waals surface area contributed by atoms with Crippen molar-refractivity contribution in [1.29, 1.82) is 0 Å². The van der Waals surface area contributed by atoms with Crippen LogP contribution in [0.4, 0.5) is 4.79 Å². The zero-order valence-electron chi connectivity index (χ0n) is 11.1. The minimum atomic E-state index is -3.28. The molecule has 0 radical (unpaired) electrons. The number of amides is 1. The highest BCUT2D eigenvalue weighted by molar-refractivity contribution is 9.09. The lowest BCUT2D eigenvalue weighted by molar-refractivity contribution is 0.0309. The summed E-state index contributed by atoms with van der Waals surface area (Å²) in [5.74, 6) is -0.119. The van der Waals surface area contributed by atoms with E-state index in [2.05, 4.69) is 15.9 Å². The Morgan fingerprint density at radius 2 is 1.94 bits per heavy atom.